The molecule has 1 heterocycles. The number of nitrogens with zero attached hydrogens (tertiary/aromatic N) is 2. The molecular formula is C21H16F3N3O3S. The van der Waals surface area contributed by atoms with Crippen molar-refractivity contribution in [3.8, 4) is 17.0 Å². The predicted molar refractivity (Wildman–Crippen MR) is 110 cm³/mol. The minimum absolute atomic E-state index is 0.0513. The molecule has 10 heteroatoms. The van der Waals surface area contributed by atoms with Crippen LogP contribution in [-0.4, -0.2) is 25.4 Å². The van der Waals surface area contributed by atoms with E-state index in [1.54, 1.807) is 42.5 Å². The lowest BCUT2D eigenvalue weighted by Crippen LogP contribution is -2.25. The highest BCUT2D eigenvalue weighted by molar-refractivity contribution is 7.92. The minimum Gasteiger partial charge on any atom is -0.497 e. The van der Waals surface area contributed by atoms with Gasteiger partial charge in [-0.15, -0.1) is 5.10 Å². The van der Waals surface area contributed by atoms with Crippen molar-refractivity contribution >= 4 is 20.8 Å². The van der Waals surface area contributed by atoms with Gasteiger partial charge in [-0.25, -0.2) is 0 Å². The lowest BCUT2D eigenvalue weighted by molar-refractivity contribution is -0.141. The maximum atomic E-state index is 13.3. The Bertz CT molecular complexity index is 1350. The van der Waals surface area contributed by atoms with Crippen molar-refractivity contribution in [2.45, 2.75) is 11.1 Å². The zero-order chi connectivity index (χ0) is 22.2. The second-order valence-corrected chi connectivity index (χ2v) is 8.32. The van der Waals surface area contributed by atoms with Crippen molar-refractivity contribution in [1.82, 2.24) is 9.89 Å². The van der Waals surface area contributed by atoms with E-state index in [0.717, 1.165) is 16.8 Å². The van der Waals surface area contributed by atoms with E-state index in [1.165, 1.54) is 31.4 Å². The molecule has 6 nitrogen and oxygen atoms in total. The number of aromatic nitrogens is 2. The Morgan fingerprint density at radius 2 is 1.61 bits per heavy atom. The molecule has 31 heavy (non-hydrogen) atoms. The number of alkyl halides is 3. The molecule has 160 valence electrons. The molecule has 0 bridgehead atoms. The Kier molecular flexibility index (Phi) is 5.10. The lowest BCUT2D eigenvalue weighted by atomic mass is 10.0. The second kappa shape index (κ2) is 7.62. The van der Waals surface area contributed by atoms with E-state index < -0.39 is 21.9 Å². The van der Waals surface area contributed by atoms with Crippen LogP contribution in [0.2, 0.25) is 0 Å². The summed E-state index contributed by atoms with van der Waals surface area (Å²) >= 11 is 0. The molecule has 0 saturated carbocycles. The first kappa shape index (κ1) is 20.7. The number of ether oxygens (including phenoxy) is 1. The first-order valence-corrected chi connectivity index (χ1v) is 10.5. The van der Waals surface area contributed by atoms with Crippen LogP contribution in [0.3, 0.4) is 0 Å². The standard InChI is InChI=1S/C21H16F3N3O3S/c1-30-17-10-9-14-11-16(8-7-15(14)12-17)19-13-20(21(22,23)24)25-27(19)26-31(28,29)18-5-3-2-4-6-18/h2-13,26H,1H3. The van der Waals surface area contributed by atoms with Crippen molar-refractivity contribution in [1.29, 1.82) is 0 Å². The maximum absolute atomic E-state index is 13.3. The zero-order valence-corrected chi connectivity index (χ0v) is 16.9. The molecule has 1 aromatic heterocycles. The van der Waals surface area contributed by atoms with Gasteiger partial charge in [-0.2, -0.15) is 31.2 Å². The second-order valence-electron chi connectivity index (χ2n) is 6.66. The smallest absolute Gasteiger partial charge is 0.435 e. The molecule has 0 spiro atoms. The third-order valence-corrected chi connectivity index (χ3v) is 5.91. The van der Waals surface area contributed by atoms with Crippen molar-refractivity contribution in [3.63, 3.8) is 0 Å². The van der Waals surface area contributed by atoms with E-state index in [2.05, 4.69) is 9.93 Å². The largest absolute Gasteiger partial charge is 0.497 e. The molecule has 0 radical (unpaired) electrons. The van der Waals surface area contributed by atoms with Gasteiger partial charge in [0.25, 0.3) is 10.0 Å². The SMILES string of the molecule is COc1ccc2cc(-c3cc(C(F)(F)F)nn3NS(=O)(=O)c3ccccc3)ccc2c1. The topological polar surface area (TPSA) is 73.2 Å². The fraction of sp³-hybridized carbons (Fsp3) is 0.0952. The van der Waals surface area contributed by atoms with Gasteiger partial charge in [-0.3, -0.25) is 0 Å². The number of rotatable bonds is 5. The van der Waals surface area contributed by atoms with Gasteiger partial charge in [0.15, 0.2) is 5.69 Å². The van der Waals surface area contributed by atoms with Crippen molar-refractivity contribution < 1.29 is 26.3 Å². The van der Waals surface area contributed by atoms with Crippen molar-refractivity contribution in [3.05, 3.63) is 78.5 Å². The van der Waals surface area contributed by atoms with Crippen LogP contribution in [0.15, 0.2) is 77.7 Å². The van der Waals surface area contributed by atoms with Gasteiger partial charge in [-0.05, 0) is 47.2 Å². The highest BCUT2D eigenvalue weighted by Crippen LogP contribution is 2.33. The maximum Gasteiger partial charge on any atom is 0.435 e. The average Bonchev–Trinajstić information content (AvgIpc) is 3.17. The molecule has 0 aliphatic carbocycles. The fourth-order valence-electron chi connectivity index (χ4n) is 3.07. The summed E-state index contributed by atoms with van der Waals surface area (Å²) in [6, 6.07) is 18.3. The molecule has 0 atom stereocenters. The molecule has 0 aliphatic heterocycles. The van der Waals surface area contributed by atoms with Crippen LogP contribution < -0.4 is 9.57 Å². The van der Waals surface area contributed by atoms with E-state index in [1.807, 2.05) is 0 Å². The summed E-state index contributed by atoms with van der Waals surface area (Å²) in [7, 11) is -2.63. The number of benzene rings is 3. The first-order valence-electron chi connectivity index (χ1n) is 9.01. The van der Waals surface area contributed by atoms with Crippen LogP contribution in [0.5, 0.6) is 5.75 Å². The molecule has 0 amide bonds. The molecule has 4 rings (SSSR count). The summed E-state index contributed by atoms with van der Waals surface area (Å²) < 4.78 is 70.5. The van der Waals surface area contributed by atoms with Gasteiger partial charge in [0.1, 0.15) is 5.75 Å². The van der Waals surface area contributed by atoms with Crippen LogP contribution in [0.1, 0.15) is 5.69 Å². The van der Waals surface area contributed by atoms with Gasteiger partial charge in [-0.1, -0.05) is 36.4 Å². The number of hydrogen-bond acceptors (Lipinski definition) is 4. The average molecular weight is 447 g/mol. The van der Waals surface area contributed by atoms with Crippen molar-refractivity contribution in [2.75, 3.05) is 11.9 Å². The van der Waals surface area contributed by atoms with E-state index in [-0.39, 0.29) is 10.6 Å². The number of hydrogen-bond donors (Lipinski definition) is 1. The Balaban J connectivity index is 1.82. The first-order chi connectivity index (χ1) is 14.7. The summed E-state index contributed by atoms with van der Waals surface area (Å²) in [5, 5.41) is 5.01. The normalized spacial score (nSPS) is 12.1. The summed E-state index contributed by atoms with van der Waals surface area (Å²) in [5.41, 5.74) is -0.908. The lowest BCUT2D eigenvalue weighted by Gasteiger charge is -2.12. The van der Waals surface area contributed by atoms with Gasteiger partial charge in [0.2, 0.25) is 0 Å². The third-order valence-electron chi connectivity index (χ3n) is 4.60. The monoisotopic (exact) mass is 447 g/mol. The Hall–Kier alpha value is -3.53. The molecular weight excluding hydrogens is 431 g/mol. The Morgan fingerprint density at radius 1 is 0.935 bits per heavy atom. The zero-order valence-electron chi connectivity index (χ0n) is 16.1. The summed E-state index contributed by atoms with van der Waals surface area (Å²) in [5.74, 6) is 0.639. The molecule has 4 aromatic rings. The number of halogens is 3. The number of sulfonamides is 1. The van der Waals surface area contributed by atoms with Crippen molar-refractivity contribution in [2.24, 2.45) is 0 Å². The number of fused-ring (bicyclic) bond motifs is 1. The highest BCUT2D eigenvalue weighted by atomic mass is 32.2. The molecule has 0 saturated heterocycles. The number of nitrogens with one attached hydrogen (secondary N) is 1. The minimum atomic E-state index is -4.75. The molecule has 0 aliphatic rings. The van der Waals surface area contributed by atoms with Gasteiger partial charge in [0, 0.05) is 5.56 Å². The fourth-order valence-corrected chi connectivity index (χ4v) is 4.06. The van der Waals surface area contributed by atoms with Gasteiger partial charge < -0.3 is 4.74 Å². The summed E-state index contributed by atoms with van der Waals surface area (Å²) in [6.07, 6.45) is -4.75. The van der Waals surface area contributed by atoms with E-state index in [4.69, 9.17) is 4.74 Å². The predicted octanol–water partition coefficient (Wildman–Crippen LogP) is 4.66. The summed E-state index contributed by atoms with van der Waals surface area (Å²) in [4.78, 5) is 2.65. The van der Waals surface area contributed by atoms with Crippen LogP contribution in [0.25, 0.3) is 22.0 Å². The van der Waals surface area contributed by atoms with E-state index >= 15 is 0 Å². The van der Waals surface area contributed by atoms with Crippen LogP contribution in [-0.2, 0) is 16.2 Å². The van der Waals surface area contributed by atoms with Gasteiger partial charge >= 0.3 is 6.18 Å². The van der Waals surface area contributed by atoms with Gasteiger partial charge in [0.05, 0.1) is 17.7 Å². The van der Waals surface area contributed by atoms with Crippen LogP contribution in [0.4, 0.5) is 13.2 Å². The quantitative estimate of drug-likeness (QED) is 0.483. The molecule has 3 aromatic carbocycles. The number of methoxy groups -OCH3 is 1. The van der Waals surface area contributed by atoms with E-state index in [0.29, 0.717) is 16.1 Å². The Labute approximate surface area is 175 Å². The molecule has 0 unspecified atom stereocenters. The van der Waals surface area contributed by atoms with Crippen LogP contribution in [0, 0.1) is 0 Å². The third kappa shape index (κ3) is 4.19. The van der Waals surface area contributed by atoms with Crippen LogP contribution >= 0.6 is 0 Å². The molecule has 1 N–H and O–H groups in total. The molecule has 0 fully saturated rings. The highest BCUT2D eigenvalue weighted by Gasteiger charge is 2.35. The summed E-state index contributed by atoms with van der Waals surface area (Å²) in [6.45, 7) is 0. The Morgan fingerprint density at radius 3 is 2.29 bits per heavy atom. The van der Waals surface area contributed by atoms with E-state index in [9.17, 15) is 21.6 Å².